The Hall–Kier alpha value is -3.76. The van der Waals surface area contributed by atoms with Crippen molar-refractivity contribution in [1.82, 2.24) is 14.5 Å². The van der Waals surface area contributed by atoms with Gasteiger partial charge in [0.25, 0.3) is 12.3 Å². The third kappa shape index (κ3) is 3.74. The van der Waals surface area contributed by atoms with Crippen LogP contribution in [0.25, 0.3) is 0 Å². The van der Waals surface area contributed by atoms with Crippen LogP contribution in [0.4, 0.5) is 23.2 Å². The third-order valence-electron chi connectivity index (χ3n) is 4.97. The minimum atomic E-state index is -2.91. The van der Waals surface area contributed by atoms with Crippen LogP contribution >= 0.6 is 0 Å². The number of nitrogens with two attached hydrogens (primary N) is 1. The highest BCUT2D eigenvalue weighted by Crippen LogP contribution is 2.37. The number of amidine groups is 1. The molecule has 1 unspecified atom stereocenters. The molecule has 3 N–H and O–H groups in total. The lowest BCUT2D eigenvalue weighted by atomic mass is 9.89. The Balaban J connectivity index is 1.74. The topological polar surface area (TPSA) is 98.2 Å². The molecule has 0 spiro atoms. The van der Waals surface area contributed by atoms with Crippen molar-refractivity contribution in [3.63, 3.8) is 0 Å². The van der Waals surface area contributed by atoms with Gasteiger partial charge in [-0.25, -0.2) is 32.5 Å². The molecule has 1 aromatic carbocycles. The van der Waals surface area contributed by atoms with E-state index < -0.39 is 35.9 Å². The molecule has 3 aromatic rings. The number of carbonyl (C=O) groups is 1. The number of aromatic nitrogens is 3. The molecule has 0 radical (unpaired) electrons. The van der Waals surface area contributed by atoms with Crippen molar-refractivity contribution in [3.05, 3.63) is 77.4 Å². The number of aliphatic imine (C=N–C) groups is 1. The van der Waals surface area contributed by atoms with Gasteiger partial charge in [-0.3, -0.25) is 4.79 Å². The first-order valence-corrected chi connectivity index (χ1v) is 9.11. The van der Waals surface area contributed by atoms with Gasteiger partial charge in [0.1, 0.15) is 23.7 Å². The zero-order chi connectivity index (χ0) is 22.2. The SMILES string of the molecule is NC1=NC(CF)(c2ccc(C(F)F)c(NC(=O)c3ccc(F)cn3)c2)Cn2ccnc21. The second kappa shape index (κ2) is 7.82. The minimum Gasteiger partial charge on any atom is -0.381 e. The molecule has 2 aromatic heterocycles. The number of imidazole rings is 1. The second-order valence-corrected chi connectivity index (χ2v) is 6.96. The maximum atomic E-state index is 14.3. The standard InChI is InChI=1S/C20H16F4N6O/c21-9-20(10-30-6-5-26-18(30)17(25)29-20)11-1-3-13(16(23)24)15(7-11)28-19(31)14-4-2-12(22)8-27-14/h1-8,16H,9-10H2,(H2,25,29)(H,28,31). The maximum Gasteiger partial charge on any atom is 0.274 e. The predicted molar refractivity (Wildman–Crippen MR) is 104 cm³/mol. The number of nitrogens with zero attached hydrogens (tertiary/aromatic N) is 4. The first-order valence-electron chi connectivity index (χ1n) is 9.11. The number of hydrogen-bond donors (Lipinski definition) is 2. The molecule has 31 heavy (non-hydrogen) atoms. The number of halogens is 4. The number of benzene rings is 1. The van der Waals surface area contributed by atoms with Crippen LogP contribution in [0.5, 0.6) is 0 Å². The average molecular weight is 432 g/mol. The first kappa shape index (κ1) is 20.5. The zero-order valence-electron chi connectivity index (χ0n) is 15.9. The smallest absolute Gasteiger partial charge is 0.274 e. The Kier molecular flexibility index (Phi) is 5.17. The molecular weight excluding hydrogens is 416 g/mol. The van der Waals surface area contributed by atoms with Crippen molar-refractivity contribution in [1.29, 1.82) is 0 Å². The van der Waals surface area contributed by atoms with Crippen LogP contribution in [0.3, 0.4) is 0 Å². The van der Waals surface area contributed by atoms with E-state index in [4.69, 9.17) is 5.73 Å². The van der Waals surface area contributed by atoms with E-state index in [1.807, 2.05) is 0 Å². The van der Waals surface area contributed by atoms with Gasteiger partial charge in [0.2, 0.25) is 0 Å². The Labute approximate surface area is 173 Å². The van der Waals surface area contributed by atoms with Gasteiger partial charge in [0, 0.05) is 18.0 Å². The van der Waals surface area contributed by atoms with Crippen LogP contribution in [0.2, 0.25) is 0 Å². The van der Waals surface area contributed by atoms with Gasteiger partial charge < -0.3 is 15.6 Å². The van der Waals surface area contributed by atoms with Crippen molar-refractivity contribution >= 4 is 17.4 Å². The lowest BCUT2D eigenvalue weighted by Crippen LogP contribution is -2.40. The number of amides is 1. The van der Waals surface area contributed by atoms with E-state index in [2.05, 4.69) is 20.3 Å². The van der Waals surface area contributed by atoms with Crippen LogP contribution in [0, 0.1) is 5.82 Å². The molecule has 1 aliphatic heterocycles. The van der Waals surface area contributed by atoms with E-state index in [0.29, 0.717) is 5.82 Å². The third-order valence-corrected chi connectivity index (χ3v) is 4.97. The molecule has 1 amide bonds. The number of pyridine rings is 1. The number of hydrogen-bond acceptors (Lipinski definition) is 5. The lowest BCUT2D eigenvalue weighted by Gasteiger charge is -2.32. The highest BCUT2D eigenvalue weighted by molar-refractivity contribution is 6.03. The minimum absolute atomic E-state index is 0.00735. The van der Waals surface area contributed by atoms with Crippen molar-refractivity contribution in [2.75, 3.05) is 12.0 Å². The average Bonchev–Trinajstić information content (AvgIpc) is 3.22. The number of anilines is 1. The quantitative estimate of drug-likeness (QED) is 0.605. The summed E-state index contributed by atoms with van der Waals surface area (Å²) in [5.41, 5.74) is 3.82. The molecule has 0 saturated heterocycles. The summed E-state index contributed by atoms with van der Waals surface area (Å²) in [4.78, 5) is 24.4. The van der Waals surface area contributed by atoms with Crippen molar-refractivity contribution < 1.29 is 22.4 Å². The Morgan fingerprint density at radius 2 is 2.06 bits per heavy atom. The number of alkyl halides is 3. The molecule has 1 aliphatic rings. The van der Waals surface area contributed by atoms with Gasteiger partial charge in [0.05, 0.1) is 18.4 Å². The molecule has 0 fully saturated rings. The molecule has 0 bridgehead atoms. The molecule has 1 atom stereocenters. The van der Waals surface area contributed by atoms with Gasteiger partial charge in [-0.15, -0.1) is 0 Å². The number of nitrogens with one attached hydrogen (secondary N) is 1. The summed E-state index contributed by atoms with van der Waals surface area (Å²) in [7, 11) is 0. The number of fused-ring (bicyclic) bond motifs is 1. The van der Waals surface area contributed by atoms with E-state index in [-0.39, 0.29) is 29.3 Å². The van der Waals surface area contributed by atoms with Crippen molar-refractivity contribution in [2.45, 2.75) is 18.5 Å². The summed E-state index contributed by atoms with van der Waals surface area (Å²) in [5.74, 6) is -1.09. The molecule has 0 aliphatic carbocycles. The summed E-state index contributed by atoms with van der Waals surface area (Å²) in [6, 6.07) is 5.80. The maximum absolute atomic E-state index is 14.3. The summed E-state index contributed by atoms with van der Waals surface area (Å²) >= 11 is 0. The van der Waals surface area contributed by atoms with Crippen LogP contribution in [0.1, 0.15) is 33.9 Å². The van der Waals surface area contributed by atoms with E-state index in [9.17, 15) is 22.4 Å². The van der Waals surface area contributed by atoms with Crippen LogP contribution in [-0.4, -0.2) is 33.0 Å². The highest BCUT2D eigenvalue weighted by atomic mass is 19.3. The molecule has 11 heteroatoms. The van der Waals surface area contributed by atoms with Gasteiger partial charge in [-0.2, -0.15) is 0 Å². The summed E-state index contributed by atoms with van der Waals surface area (Å²) in [6.45, 7) is -0.924. The first-order chi connectivity index (χ1) is 14.8. The Morgan fingerprint density at radius 1 is 1.26 bits per heavy atom. The van der Waals surface area contributed by atoms with E-state index >= 15 is 0 Å². The second-order valence-electron chi connectivity index (χ2n) is 6.96. The molecular formula is C20H16F4N6O. The largest absolute Gasteiger partial charge is 0.381 e. The van der Waals surface area contributed by atoms with Gasteiger partial charge in [-0.1, -0.05) is 12.1 Å². The van der Waals surface area contributed by atoms with Crippen molar-refractivity contribution in [3.8, 4) is 0 Å². The van der Waals surface area contributed by atoms with Gasteiger partial charge in [-0.05, 0) is 23.8 Å². The van der Waals surface area contributed by atoms with Gasteiger partial charge >= 0.3 is 0 Å². The molecule has 7 nitrogen and oxygen atoms in total. The lowest BCUT2D eigenvalue weighted by molar-refractivity contribution is 0.102. The zero-order valence-corrected chi connectivity index (χ0v) is 15.9. The summed E-state index contributed by atoms with van der Waals surface area (Å²) in [6.07, 6.45) is 1.03. The Morgan fingerprint density at radius 3 is 2.74 bits per heavy atom. The fourth-order valence-electron chi connectivity index (χ4n) is 3.41. The fraction of sp³-hybridized carbons (Fsp3) is 0.200. The van der Waals surface area contributed by atoms with Crippen molar-refractivity contribution in [2.24, 2.45) is 10.7 Å². The summed E-state index contributed by atoms with van der Waals surface area (Å²) in [5, 5.41) is 2.35. The van der Waals surface area contributed by atoms with Crippen LogP contribution in [-0.2, 0) is 12.1 Å². The van der Waals surface area contributed by atoms with E-state index in [1.54, 1.807) is 10.8 Å². The highest BCUT2D eigenvalue weighted by Gasteiger charge is 2.38. The summed E-state index contributed by atoms with van der Waals surface area (Å²) < 4.78 is 56.0. The van der Waals surface area contributed by atoms with E-state index in [1.165, 1.54) is 18.3 Å². The number of rotatable bonds is 5. The predicted octanol–water partition coefficient (Wildman–Crippen LogP) is 3.19. The molecule has 3 heterocycles. The van der Waals surface area contributed by atoms with Crippen LogP contribution in [0.15, 0.2) is 53.9 Å². The number of carbonyl (C=O) groups excluding carboxylic acids is 1. The van der Waals surface area contributed by atoms with E-state index in [0.717, 1.165) is 24.4 Å². The molecule has 4 rings (SSSR count). The fourth-order valence-corrected chi connectivity index (χ4v) is 3.41. The molecule has 160 valence electrons. The normalized spacial score (nSPS) is 17.9. The Bertz CT molecular complexity index is 1160. The molecule has 0 saturated carbocycles. The van der Waals surface area contributed by atoms with Gasteiger partial charge in [0.15, 0.2) is 11.7 Å². The monoisotopic (exact) mass is 432 g/mol. The van der Waals surface area contributed by atoms with Crippen LogP contribution < -0.4 is 11.1 Å².